The summed E-state index contributed by atoms with van der Waals surface area (Å²) in [6.07, 6.45) is 4.47. The topological polar surface area (TPSA) is 52.2 Å². The SMILES string of the molecule is COc1cc2c(cc1OC)[C@@H]1[C@@H](C)[C@@H](C[C@H]3NCCc4cc(OC)c(OC)cc43)CCN1CC2.Cl.Cl. The van der Waals surface area contributed by atoms with E-state index in [0.29, 0.717) is 23.9 Å². The molecule has 3 heterocycles. The van der Waals surface area contributed by atoms with Crippen molar-refractivity contribution >= 4 is 24.8 Å². The minimum Gasteiger partial charge on any atom is -0.493 e. The first kappa shape index (κ1) is 28.7. The van der Waals surface area contributed by atoms with E-state index < -0.39 is 0 Å². The van der Waals surface area contributed by atoms with E-state index in [0.717, 1.165) is 61.9 Å². The van der Waals surface area contributed by atoms with Gasteiger partial charge in [0, 0.05) is 18.6 Å². The number of hydrogen-bond donors (Lipinski definition) is 1. The molecule has 2 aromatic rings. The number of piperidine rings is 1. The smallest absolute Gasteiger partial charge is 0.161 e. The summed E-state index contributed by atoms with van der Waals surface area (Å²) in [5.74, 6) is 4.50. The van der Waals surface area contributed by atoms with Gasteiger partial charge in [-0.05, 0) is 97.1 Å². The quantitative estimate of drug-likeness (QED) is 0.531. The van der Waals surface area contributed by atoms with Crippen LogP contribution in [0.1, 0.15) is 54.1 Å². The highest BCUT2D eigenvalue weighted by Crippen LogP contribution is 2.48. The third kappa shape index (κ3) is 5.10. The lowest BCUT2D eigenvalue weighted by Gasteiger charge is -2.48. The molecule has 1 fully saturated rings. The van der Waals surface area contributed by atoms with Gasteiger partial charge in [-0.25, -0.2) is 0 Å². The van der Waals surface area contributed by atoms with Crippen molar-refractivity contribution in [3.8, 4) is 23.0 Å². The van der Waals surface area contributed by atoms with Gasteiger partial charge in [-0.3, -0.25) is 4.90 Å². The Kier molecular flexibility index (Phi) is 9.67. The molecule has 3 aliphatic heterocycles. The molecule has 3 aliphatic rings. The molecular formula is C28H40Cl2N2O4. The van der Waals surface area contributed by atoms with Gasteiger partial charge in [-0.1, -0.05) is 6.92 Å². The van der Waals surface area contributed by atoms with Crippen molar-refractivity contribution in [1.29, 1.82) is 0 Å². The van der Waals surface area contributed by atoms with E-state index in [-0.39, 0.29) is 24.8 Å². The Hall–Kier alpha value is -1.86. The number of nitrogens with zero attached hydrogens (tertiary/aromatic N) is 1. The summed E-state index contributed by atoms with van der Waals surface area (Å²) in [6, 6.07) is 9.56. The summed E-state index contributed by atoms with van der Waals surface area (Å²) in [5, 5.41) is 3.81. The van der Waals surface area contributed by atoms with Crippen LogP contribution in [0.15, 0.2) is 24.3 Å². The highest BCUT2D eigenvalue weighted by Gasteiger charge is 2.41. The lowest BCUT2D eigenvalue weighted by atomic mass is 9.71. The second-order valence-electron chi connectivity index (χ2n) is 9.94. The summed E-state index contributed by atoms with van der Waals surface area (Å²) in [6.45, 7) is 5.72. The van der Waals surface area contributed by atoms with Crippen molar-refractivity contribution in [2.45, 2.75) is 44.7 Å². The maximum Gasteiger partial charge on any atom is 0.161 e. The van der Waals surface area contributed by atoms with Gasteiger partial charge in [0.25, 0.3) is 0 Å². The predicted octanol–water partition coefficient (Wildman–Crippen LogP) is 5.40. The zero-order valence-electron chi connectivity index (χ0n) is 22.0. The second kappa shape index (κ2) is 12.1. The fourth-order valence-electron chi connectivity index (χ4n) is 6.56. The molecule has 0 aliphatic carbocycles. The van der Waals surface area contributed by atoms with Crippen LogP contribution in [0.3, 0.4) is 0 Å². The largest absolute Gasteiger partial charge is 0.493 e. The Morgan fingerprint density at radius 1 is 0.778 bits per heavy atom. The minimum absolute atomic E-state index is 0. The van der Waals surface area contributed by atoms with Crippen LogP contribution in [0.2, 0.25) is 0 Å². The fraction of sp³-hybridized carbons (Fsp3) is 0.571. The number of ether oxygens (including phenoxy) is 4. The van der Waals surface area contributed by atoms with E-state index in [2.05, 4.69) is 41.4 Å². The van der Waals surface area contributed by atoms with Crippen LogP contribution < -0.4 is 24.3 Å². The Morgan fingerprint density at radius 2 is 1.33 bits per heavy atom. The normalized spacial score (nSPS) is 24.7. The van der Waals surface area contributed by atoms with E-state index in [1.165, 1.54) is 28.7 Å². The number of hydrogen-bond acceptors (Lipinski definition) is 6. The van der Waals surface area contributed by atoms with E-state index >= 15 is 0 Å². The molecule has 0 amide bonds. The van der Waals surface area contributed by atoms with E-state index in [4.69, 9.17) is 18.9 Å². The van der Waals surface area contributed by atoms with Gasteiger partial charge in [0.2, 0.25) is 0 Å². The molecule has 0 aromatic heterocycles. The van der Waals surface area contributed by atoms with Gasteiger partial charge >= 0.3 is 0 Å². The average Bonchev–Trinajstić information content (AvgIpc) is 2.88. The van der Waals surface area contributed by atoms with Crippen molar-refractivity contribution < 1.29 is 18.9 Å². The molecule has 36 heavy (non-hydrogen) atoms. The van der Waals surface area contributed by atoms with Crippen molar-refractivity contribution in [3.05, 3.63) is 46.5 Å². The maximum atomic E-state index is 5.67. The van der Waals surface area contributed by atoms with Gasteiger partial charge in [0.1, 0.15) is 0 Å². The molecule has 6 nitrogen and oxygen atoms in total. The maximum absolute atomic E-state index is 5.67. The third-order valence-electron chi connectivity index (χ3n) is 8.40. The molecule has 8 heteroatoms. The van der Waals surface area contributed by atoms with Crippen molar-refractivity contribution in [2.24, 2.45) is 11.8 Å². The molecule has 0 radical (unpaired) electrons. The van der Waals surface area contributed by atoms with Gasteiger partial charge in [-0.2, -0.15) is 0 Å². The van der Waals surface area contributed by atoms with Gasteiger partial charge in [0.15, 0.2) is 23.0 Å². The summed E-state index contributed by atoms with van der Waals surface area (Å²) in [7, 11) is 6.88. The molecule has 0 spiro atoms. The van der Waals surface area contributed by atoms with Crippen molar-refractivity contribution in [3.63, 3.8) is 0 Å². The molecule has 0 bridgehead atoms. The fourth-order valence-corrected chi connectivity index (χ4v) is 6.56. The number of rotatable bonds is 6. The highest BCUT2D eigenvalue weighted by atomic mass is 35.5. The first-order chi connectivity index (χ1) is 16.6. The van der Waals surface area contributed by atoms with E-state index in [9.17, 15) is 0 Å². The lowest BCUT2D eigenvalue weighted by Crippen LogP contribution is -2.46. The lowest BCUT2D eigenvalue weighted by molar-refractivity contribution is 0.0405. The standard InChI is InChI=1S/C28H38N2O4.2ClH/c1-17-18(12-23-21-15-26(33-4)24(31-2)13-19(21)6-9-29-23)7-10-30-11-8-20-14-25(32-3)27(34-5)16-22(20)28(17)30;;/h13-18,23,28-29H,6-12H2,1-5H3;2*1H/t17-,18+,23+,28-;;/m0../s1. The van der Waals surface area contributed by atoms with Crippen LogP contribution in [-0.4, -0.2) is 53.0 Å². The van der Waals surface area contributed by atoms with Crippen LogP contribution in [-0.2, 0) is 12.8 Å². The van der Waals surface area contributed by atoms with Crippen LogP contribution >= 0.6 is 24.8 Å². The Labute approximate surface area is 227 Å². The summed E-state index contributed by atoms with van der Waals surface area (Å²) < 4.78 is 22.5. The first-order valence-corrected chi connectivity index (χ1v) is 12.5. The molecule has 0 saturated carbocycles. The molecule has 5 rings (SSSR count). The summed E-state index contributed by atoms with van der Waals surface area (Å²) in [4.78, 5) is 2.69. The van der Waals surface area contributed by atoms with E-state index in [1.54, 1.807) is 28.4 Å². The molecule has 200 valence electrons. The van der Waals surface area contributed by atoms with Crippen molar-refractivity contribution in [2.75, 3.05) is 48.1 Å². The monoisotopic (exact) mass is 538 g/mol. The first-order valence-electron chi connectivity index (χ1n) is 12.5. The van der Waals surface area contributed by atoms with Crippen LogP contribution in [0.5, 0.6) is 23.0 Å². The van der Waals surface area contributed by atoms with Crippen LogP contribution in [0.25, 0.3) is 0 Å². The summed E-state index contributed by atoms with van der Waals surface area (Å²) in [5.41, 5.74) is 5.58. The predicted molar refractivity (Wildman–Crippen MR) is 148 cm³/mol. The number of benzene rings is 2. The molecule has 2 aromatic carbocycles. The Balaban J connectivity index is 0.00000180. The number of methoxy groups -OCH3 is 4. The van der Waals surface area contributed by atoms with Gasteiger partial charge < -0.3 is 24.3 Å². The number of nitrogens with one attached hydrogen (secondary N) is 1. The molecular weight excluding hydrogens is 499 g/mol. The van der Waals surface area contributed by atoms with Crippen LogP contribution in [0, 0.1) is 11.8 Å². The zero-order chi connectivity index (χ0) is 23.8. The van der Waals surface area contributed by atoms with Crippen LogP contribution in [0.4, 0.5) is 0 Å². The summed E-state index contributed by atoms with van der Waals surface area (Å²) >= 11 is 0. The Morgan fingerprint density at radius 3 is 1.94 bits per heavy atom. The number of fused-ring (bicyclic) bond motifs is 4. The molecule has 0 unspecified atom stereocenters. The minimum atomic E-state index is 0. The third-order valence-corrected chi connectivity index (χ3v) is 8.40. The highest BCUT2D eigenvalue weighted by molar-refractivity contribution is 5.85. The average molecular weight is 540 g/mol. The number of halogens is 2. The zero-order valence-corrected chi connectivity index (χ0v) is 23.6. The van der Waals surface area contributed by atoms with Crippen molar-refractivity contribution in [1.82, 2.24) is 10.2 Å². The van der Waals surface area contributed by atoms with Gasteiger partial charge in [-0.15, -0.1) is 24.8 Å². The van der Waals surface area contributed by atoms with Gasteiger partial charge in [0.05, 0.1) is 28.4 Å². The molecule has 1 saturated heterocycles. The van der Waals surface area contributed by atoms with E-state index in [1.807, 2.05) is 0 Å². The molecule has 4 atom stereocenters. The second-order valence-corrected chi connectivity index (χ2v) is 9.94. The Bertz CT molecular complexity index is 1050. The molecule has 1 N–H and O–H groups in total.